The number of ether oxygens (including phenoxy) is 2. The van der Waals surface area contributed by atoms with E-state index in [1.807, 2.05) is 42.5 Å². The quantitative estimate of drug-likeness (QED) is 0.312. The van der Waals surface area contributed by atoms with E-state index in [2.05, 4.69) is 6.58 Å². The van der Waals surface area contributed by atoms with E-state index < -0.39 is 23.3 Å². The van der Waals surface area contributed by atoms with Crippen molar-refractivity contribution in [3.8, 4) is 0 Å². The van der Waals surface area contributed by atoms with Crippen molar-refractivity contribution in [2.24, 2.45) is 29.1 Å². The predicted octanol–water partition coefficient (Wildman–Crippen LogP) is 3.61. The van der Waals surface area contributed by atoms with Crippen molar-refractivity contribution in [1.82, 2.24) is 0 Å². The van der Waals surface area contributed by atoms with Gasteiger partial charge in [0.1, 0.15) is 0 Å². The molecule has 148 valence electrons. The van der Waals surface area contributed by atoms with E-state index in [4.69, 9.17) is 9.47 Å². The van der Waals surface area contributed by atoms with Gasteiger partial charge >= 0.3 is 11.9 Å². The van der Waals surface area contributed by atoms with Crippen LogP contribution in [0.3, 0.4) is 0 Å². The molecule has 2 bridgehead atoms. The van der Waals surface area contributed by atoms with Crippen molar-refractivity contribution in [3.63, 3.8) is 0 Å². The van der Waals surface area contributed by atoms with Gasteiger partial charge in [-0.05, 0) is 31.1 Å². The van der Waals surface area contributed by atoms with E-state index in [1.54, 1.807) is 0 Å². The monoisotopic (exact) mass is 382 g/mol. The normalized spacial score (nSPS) is 25.8. The van der Waals surface area contributed by atoms with Gasteiger partial charge in [0.15, 0.2) is 11.2 Å². The zero-order valence-electron chi connectivity index (χ0n) is 16.3. The molecule has 0 aromatic heterocycles. The Bertz CT molecular complexity index is 778. The molecule has 0 radical (unpaired) electrons. The Morgan fingerprint density at radius 1 is 1.07 bits per heavy atom. The molecule has 2 aliphatic rings. The van der Waals surface area contributed by atoms with Gasteiger partial charge in [0.05, 0.1) is 14.2 Å². The number of Topliss-reactive ketones (excluding diaryl/α,β-unsaturated/α-hetero) is 1. The third-order valence-electron chi connectivity index (χ3n) is 6.28. The number of rotatable bonds is 7. The molecule has 1 aromatic carbocycles. The second-order valence-corrected chi connectivity index (χ2v) is 7.52. The summed E-state index contributed by atoms with van der Waals surface area (Å²) in [6.07, 6.45) is 7.15. The summed E-state index contributed by atoms with van der Waals surface area (Å²) in [5, 5.41) is 0. The largest absolute Gasteiger partial charge is 0.468 e. The van der Waals surface area contributed by atoms with E-state index in [0.717, 1.165) is 12.8 Å². The molecule has 5 nitrogen and oxygen atoms in total. The predicted molar refractivity (Wildman–Crippen MR) is 104 cm³/mol. The third-order valence-corrected chi connectivity index (χ3v) is 6.28. The number of ketones is 1. The van der Waals surface area contributed by atoms with Crippen molar-refractivity contribution in [2.45, 2.75) is 19.3 Å². The van der Waals surface area contributed by atoms with E-state index in [1.165, 1.54) is 20.3 Å². The van der Waals surface area contributed by atoms with Gasteiger partial charge in [0, 0.05) is 17.4 Å². The topological polar surface area (TPSA) is 69.7 Å². The molecular formula is C23H26O5. The molecule has 28 heavy (non-hydrogen) atoms. The standard InChI is InChI=1S/C23H26O5/c1-4-14-23(21(25)27-2,22(26)28-3)18-13-11-15-10-12-17(18)19(15)20(24)16-8-6-5-7-9-16/h4-9,11,13,15,17-19H,1,10,12,14H2,2-3H3. The summed E-state index contributed by atoms with van der Waals surface area (Å²) in [4.78, 5) is 39.0. The summed E-state index contributed by atoms with van der Waals surface area (Å²) in [5.41, 5.74) is -0.874. The Labute approximate surface area is 165 Å². The average molecular weight is 382 g/mol. The van der Waals surface area contributed by atoms with Crippen molar-refractivity contribution >= 4 is 17.7 Å². The Hall–Kier alpha value is -2.69. The van der Waals surface area contributed by atoms with Gasteiger partial charge in [0.25, 0.3) is 0 Å². The zero-order chi connectivity index (χ0) is 20.3. The molecule has 0 N–H and O–H groups in total. The Kier molecular flexibility index (Phi) is 5.82. The van der Waals surface area contributed by atoms with Gasteiger partial charge in [-0.1, -0.05) is 48.6 Å². The van der Waals surface area contributed by atoms with Crippen LogP contribution in [0.15, 0.2) is 55.1 Å². The van der Waals surface area contributed by atoms with Crippen LogP contribution >= 0.6 is 0 Å². The van der Waals surface area contributed by atoms with Crippen LogP contribution in [0.25, 0.3) is 0 Å². The maximum atomic E-state index is 13.3. The average Bonchev–Trinajstić information content (AvgIpc) is 3.03. The van der Waals surface area contributed by atoms with Crippen LogP contribution < -0.4 is 0 Å². The lowest BCUT2D eigenvalue weighted by molar-refractivity contribution is -0.174. The summed E-state index contributed by atoms with van der Waals surface area (Å²) in [7, 11) is 2.53. The van der Waals surface area contributed by atoms with Crippen LogP contribution in [0.2, 0.25) is 0 Å². The molecule has 1 aromatic rings. The fraction of sp³-hybridized carbons (Fsp3) is 0.435. The summed E-state index contributed by atoms with van der Waals surface area (Å²) < 4.78 is 10.0. The molecule has 3 rings (SSSR count). The van der Waals surface area contributed by atoms with Crippen LogP contribution in [0.4, 0.5) is 0 Å². The number of carbonyl (C=O) groups is 3. The maximum absolute atomic E-state index is 13.3. The molecule has 0 aliphatic heterocycles. The van der Waals surface area contributed by atoms with Gasteiger partial charge in [0.2, 0.25) is 0 Å². The molecule has 0 heterocycles. The third kappa shape index (κ3) is 3.09. The highest BCUT2D eigenvalue weighted by Crippen LogP contribution is 2.54. The van der Waals surface area contributed by atoms with Crippen LogP contribution in [-0.4, -0.2) is 31.9 Å². The Morgan fingerprint density at radius 2 is 1.71 bits per heavy atom. The number of carbonyl (C=O) groups excluding carboxylic acids is 3. The first-order chi connectivity index (χ1) is 13.5. The Morgan fingerprint density at radius 3 is 2.29 bits per heavy atom. The lowest BCUT2D eigenvalue weighted by atomic mass is 9.61. The minimum Gasteiger partial charge on any atom is -0.468 e. The number of allylic oxidation sites excluding steroid dienone is 3. The lowest BCUT2D eigenvalue weighted by Gasteiger charge is -2.41. The maximum Gasteiger partial charge on any atom is 0.324 e. The van der Waals surface area contributed by atoms with Gasteiger partial charge in [-0.15, -0.1) is 6.58 Å². The minimum atomic E-state index is -1.53. The number of hydrogen-bond donors (Lipinski definition) is 0. The Balaban J connectivity index is 2.05. The van der Waals surface area contributed by atoms with E-state index >= 15 is 0 Å². The first-order valence-electron chi connectivity index (χ1n) is 9.56. The molecule has 4 atom stereocenters. The molecule has 2 aliphatic carbocycles. The molecule has 0 saturated heterocycles. The zero-order valence-corrected chi connectivity index (χ0v) is 16.3. The second kappa shape index (κ2) is 8.13. The fourth-order valence-electron chi connectivity index (χ4n) is 5.05. The second-order valence-electron chi connectivity index (χ2n) is 7.52. The molecule has 1 fully saturated rings. The summed E-state index contributed by atoms with van der Waals surface area (Å²) in [6, 6.07) is 9.18. The van der Waals surface area contributed by atoms with Crippen molar-refractivity contribution < 1.29 is 23.9 Å². The van der Waals surface area contributed by atoms with Gasteiger partial charge in [-0.2, -0.15) is 0 Å². The molecular weight excluding hydrogens is 356 g/mol. The fourth-order valence-corrected chi connectivity index (χ4v) is 5.05. The SMILES string of the molecule is C=CCC(C(=O)OC)(C(=O)OC)C1C=CC2CCC1C2C(=O)c1ccccc1. The van der Waals surface area contributed by atoms with E-state index in [-0.39, 0.29) is 30.0 Å². The van der Waals surface area contributed by atoms with Gasteiger partial charge in [-0.3, -0.25) is 14.4 Å². The van der Waals surface area contributed by atoms with Crippen LogP contribution in [0.5, 0.6) is 0 Å². The van der Waals surface area contributed by atoms with Crippen molar-refractivity contribution in [3.05, 3.63) is 60.7 Å². The van der Waals surface area contributed by atoms with E-state index in [0.29, 0.717) is 5.56 Å². The smallest absolute Gasteiger partial charge is 0.324 e. The summed E-state index contributed by atoms with van der Waals surface area (Å²) in [6.45, 7) is 3.73. The van der Waals surface area contributed by atoms with E-state index in [9.17, 15) is 14.4 Å². The van der Waals surface area contributed by atoms with Gasteiger partial charge < -0.3 is 9.47 Å². The van der Waals surface area contributed by atoms with Crippen molar-refractivity contribution in [2.75, 3.05) is 14.2 Å². The highest BCUT2D eigenvalue weighted by Gasteiger charge is 2.59. The molecule has 5 heteroatoms. The van der Waals surface area contributed by atoms with Crippen LogP contribution in [0, 0.1) is 29.1 Å². The minimum absolute atomic E-state index is 0.0599. The van der Waals surface area contributed by atoms with Gasteiger partial charge in [-0.25, -0.2) is 0 Å². The first-order valence-corrected chi connectivity index (χ1v) is 9.56. The number of esters is 2. The molecule has 1 saturated carbocycles. The molecule has 0 spiro atoms. The van der Waals surface area contributed by atoms with Crippen LogP contribution in [-0.2, 0) is 19.1 Å². The summed E-state index contributed by atoms with van der Waals surface area (Å²) >= 11 is 0. The summed E-state index contributed by atoms with van der Waals surface area (Å²) in [5.74, 6) is -2.01. The highest BCUT2D eigenvalue weighted by molar-refractivity contribution is 6.02. The first kappa shape index (κ1) is 20.1. The lowest BCUT2D eigenvalue weighted by Crippen LogP contribution is -2.51. The number of benzene rings is 1. The number of fused-ring (bicyclic) bond motifs is 2. The number of methoxy groups -OCH3 is 2. The molecule has 0 amide bonds. The highest BCUT2D eigenvalue weighted by atomic mass is 16.5. The molecule has 4 unspecified atom stereocenters. The number of hydrogen-bond acceptors (Lipinski definition) is 5. The van der Waals surface area contributed by atoms with Crippen LogP contribution in [0.1, 0.15) is 29.6 Å². The van der Waals surface area contributed by atoms with Crippen molar-refractivity contribution in [1.29, 1.82) is 0 Å².